The number of carboxylic acids is 3. The predicted octanol–water partition coefficient (Wildman–Crippen LogP) is -4.27. The fourth-order valence-electron chi connectivity index (χ4n) is 6.74. The average Bonchev–Trinajstić information content (AvgIpc) is 3.32. The van der Waals surface area contributed by atoms with Gasteiger partial charge in [0.15, 0.2) is 0 Å². The third kappa shape index (κ3) is 23.5. The highest BCUT2D eigenvalue weighted by atomic mass is 16.4. The Kier molecular flexibility index (Phi) is 26.0. The van der Waals surface area contributed by atoms with Gasteiger partial charge in [-0.3, -0.25) is 52.7 Å². The van der Waals surface area contributed by atoms with Crippen LogP contribution in [0.4, 0.5) is 0 Å². The minimum atomic E-state index is -1.96. The lowest BCUT2D eigenvalue weighted by Gasteiger charge is -2.28. The lowest BCUT2D eigenvalue weighted by Crippen LogP contribution is -2.61. The third-order valence-electron chi connectivity index (χ3n) is 10.7. The highest BCUT2D eigenvalue weighted by Gasteiger charge is 2.35. The Morgan fingerprint density at radius 3 is 1.59 bits per heavy atom. The minimum absolute atomic E-state index is 0.0899. The highest BCUT2D eigenvalue weighted by Crippen LogP contribution is 2.13. The number of rotatable bonds is 33. The standard InChI is InChI=1S/C46H65N11O16/c1-24(2)39(57-40(66)28(48)15-16-37(62)63)45(71)56-32(20-34(49)59)43(69)54-31(19-26-11-13-27(58)14-12-26)42(68)55-33(21-38(64)65)44(70)53-30(18-25-8-4-3-5-9-25)41(67)51-22-35(60)50-23-36(61)52-29(46(72)73)10-6-7-17-47/h3-5,8-9,11-14,24,28-33,39,58H,6-7,10,15-23,47-48H2,1-2H3,(H2,49,59)(H,50,60)(H,51,67)(H,52,61)(H,53,70)(H,54,69)(H,55,68)(H,56,71)(H,57,66)(H,62,63)(H,64,65)(H,72,73)/t28-,29-,30-,31-,32-,33-,39-/m0/s1. The Bertz CT molecular complexity index is 2270. The molecule has 9 amide bonds. The third-order valence-corrected chi connectivity index (χ3v) is 10.7. The molecule has 0 bridgehead atoms. The molecule has 0 unspecified atom stereocenters. The van der Waals surface area contributed by atoms with Crippen molar-refractivity contribution in [1.29, 1.82) is 0 Å². The molecule has 27 nitrogen and oxygen atoms in total. The first-order valence-corrected chi connectivity index (χ1v) is 23.0. The second-order valence-corrected chi connectivity index (χ2v) is 17.1. The molecular weight excluding hydrogens is 963 g/mol. The fraction of sp³-hybridized carbons (Fsp3) is 0.478. The zero-order valence-electron chi connectivity index (χ0n) is 40.2. The summed E-state index contributed by atoms with van der Waals surface area (Å²) in [7, 11) is 0. The molecule has 0 heterocycles. The van der Waals surface area contributed by atoms with E-state index in [0.717, 1.165) is 0 Å². The van der Waals surface area contributed by atoms with Gasteiger partial charge < -0.3 is 80.2 Å². The average molecular weight is 1030 g/mol. The lowest BCUT2D eigenvalue weighted by atomic mass is 10.0. The number of carbonyl (C=O) groups is 12. The van der Waals surface area contributed by atoms with Crippen molar-refractivity contribution in [3.05, 3.63) is 65.7 Å². The molecule has 18 N–H and O–H groups in total. The molecule has 400 valence electrons. The molecule has 2 aromatic carbocycles. The van der Waals surface area contributed by atoms with Crippen molar-refractivity contribution in [2.75, 3.05) is 19.6 Å². The van der Waals surface area contributed by atoms with Crippen LogP contribution in [-0.4, -0.2) is 153 Å². The fourth-order valence-corrected chi connectivity index (χ4v) is 6.74. The van der Waals surface area contributed by atoms with E-state index in [1.807, 2.05) is 0 Å². The summed E-state index contributed by atoms with van der Waals surface area (Å²) in [4.78, 5) is 154. The van der Waals surface area contributed by atoms with Crippen LogP contribution in [0, 0.1) is 5.92 Å². The van der Waals surface area contributed by atoms with Gasteiger partial charge in [-0.05, 0) is 61.4 Å². The second-order valence-electron chi connectivity index (χ2n) is 17.1. The van der Waals surface area contributed by atoms with Gasteiger partial charge in [0.05, 0.1) is 32.0 Å². The van der Waals surface area contributed by atoms with E-state index in [0.29, 0.717) is 30.5 Å². The van der Waals surface area contributed by atoms with Gasteiger partial charge in [0, 0.05) is 19.3 Å². The van der Waals surface area contributed by atoms with Gasteiger partial charge >= 0.3 is 17.9 Å². The molecule has 0 aliphatic carbocycles. The number of hydrogen-bond donors (Lipinski definition) is 15. The van der Waals surface area contributed by atoms with E-state index in [2.05, 4.69) is 42.5 Å². The van der Waals surface area contributed by atoms with Crippen molar-refractivity contribution in [1.82, 2.24) is 42.5 Å². The van der Waals surface area contributed by atoms with Crippen molar-refractivity contribution in [2.24, 2.45) is 23.1 Å². The number of unbranched alkanes of at least 4 members (excludes halogenated alkanes) is 1. The predicted molar refractivity (Wildman–Crippen MR) is 256 cm³/mol. The normalized spacial score (nSPS) is 13.7. The van der Waals surface area contributed by atoms with E-state index in [4.69, 9.17) is 22.3 Å². The quantitative estimate of drug-likeness (QED) is 0.0301. The van der Waals surface area contributed by atoms with Crippen LogP contribution in [-0.2, 0) is 70.4 Å². The monoisotopic (exact) mass is 1030 g/mol. The van der Waals surface area contributed by atoms with E-state index < -0.39 is 158 Å². The van der Waals surface area contributed by atoms with Gasteiger partial charge in [-0.2, -0.15) is 0 Å². The van der Waals surface area contributed by atoms with E-state index in [-0.39, 0.29) is 25.0 Å². The van der Waals surface area contributed by atoms with Gasteiger partial charge in [-0.1, -0.05) is 56.3 Å². The lowest BCUT2D eigenvalue weighted by molar-refractivity contribution is -0.142. The molecule has 0 aromatic heterocycles. The van der Waals surface area contributed by atoms with E-state index in [1.165, 1.54) is 38.1 Å². The van der Waals surface area contributed by atoms with Gasteiger partial charge in [0.1, 0.15) is 42.0 Å². The number of phenols is 1. The van der Waals surface area contributed by atoms with Crippen molar-refractivity contribution in [3.8, 4) is 5.75 Å². The van der Waals surface area contributed by atoms with Gasteiger partial charge in [0.25, 0.3) is 0 Å². The summed E-state index contributed by atoms with van der Waals surface area (Å²) in [6.07, 6.45) is -2.27. The maximum absolute atomic E-state index is 14.1. The second kappa shape index (κ2) is 31.2. The van der Waals surface area contributed by atoms with Crippen LogP contribution in [0.1, 0.15) is 69.9 Å². The Balaban J connectivity index is 2.36. The molecule has 73 heavy (non-hydrogen) atoms. The number of carbonyl (C=O) groups excluding carboxylic acids is 9. The maximum Gasteiger partial charge on any atom is 0.326 e. The molecule has 0 aliphatic heterocycles. The molecule has 0 aliphatic rings. The van der Waals surface area contributed by atoms with Crippen molar-refractivity contribution >= 4 is 71.1 Å². The number of nitrogens with two attached hydrogens (primary N) is 3. The summed E-state index contributed by atoms with van der Waals surface area (Å²) in [6.45, 7) is 1.96. The van der Waals surface area contributed by atoms with Crippen molar-refractivity contribution in [3.63, 3.8) is 0 Å². The number of amides is 9. The SMILES string of the molecule is CC(C)[C@H](NC(=O)[C@@H](N)CCC(=O)O)C(=O)N[C@@H](CC(N)=O)C(=O)N[C@@H](Cc1ccc(O)cc1)C(=O)N[C@@H](CC(=O)O)C(=O)N[C@@H](Cc1ccccc1)C(=O)NCC(=O)NCC(=O)N[C@@H](CCCCN)C(=O)O. The van der Waals surface area contributed by atoms with Gasteiger partial charge in [-0.15, -0.1) is 0 Å². The highest BCUT2D eigenvalue weighted by molar-refractivity contribution is 5.99. The largest absolute Gasteiger partial charge is 0.508 e. The number of phenolic OH excluding ortho intramolecular Hbond substituents is 1. The van der Waals surface area contributed by atoms with Crippen LogP contribution in [0.5, 0.6) is 5.75 Å². The first-order valence-electron chi connectivity index (χ1n) is 23.0. The summed E-state index contributed by atoms with van der Waals surface area (Å²) in [5, 5.41) is 56.6. The summed E-state index contributed by atoms with van der Waals surface area (Å²) in [5.41, 5.74) is 17.4. The Hall–Kier alpha value is -8.20. The summed E-state index contributed by atoms with van der Waals surface area (Å²) >= 11 is 0. The molecule has 2 aromatic rings. The van der Waals surface area contributed by atoms with Crippen LogP contribution in [0.3, 0.4) is 0 Å². The molecular formula is C46H65N11O16. The molecule has 2 rings (SSSR count). The first kappa shape index (κ1) is 60.9. The molecule has 0 saturated carbocycles. The molecule has 0 saturated heterocycles. The van der Waals surface area contributed by atoms with Crippen LogP contribution in [0.25, 0.3) is 0 Å². The molecule has 0 fully saturated rings. The Morgan fingerprint density at radius 2 is 1.05 bits per heavy atom. The number of nitrogens with one attached hydrogen (secondary N) is 8. The molecule has 0 spiro atoms. The number of primary amides is 1. The Morgan fingerprint density at radius 1 is 0.534 bits per heavy atom. The van der Waals surface area contributed by atoms with Crippen LogP contribution < -0.4 is 59.7 Å². The molecule has 0 radical (unpaired) electrons. The summed E-state index contributed by atoms with van der Waals surface area (Å²) in [5.74, 6) is -14.3. The zero-order chi connectivity index (χ0) is 54.8. The molecule has 7 atom stereocenters. The van der Waals surface area contributed by atoms with E-state index in [1.54, 1.807) is 30.3 Å². The number of aliphatic carboxylic acids is 3. The maximum atomic E-state index is 14.1. The van der Waals surface area contributed by atoms with Crippen LogP contribution in [0.2, 0.25) is 0 Å². The summed E-state index contributed by atoms with van der Waals surface area (Å²) in [6, 6.07) is 2.34. The smallest absolute Gasteiger partial charge is 0.326 e. The van der Waals surface area contributed by atoms with Crippen LogP contribution in [0.15, 0.2) is 54.6 Å². The minimum Gasteiger partial charge on any atom is -0.508 e. The molecule has 27 heteroatoms. The Labute approximate surface area is 418 Å². The topological polar surface area (TPSA) is 460 Å². The first-order chi connectivity index (χ1) is 34.4. The number of aromatic hydroxyl groups is 1. The van der Waals surface area contributed by atoms with Crippen LogP contribution >= 0.6 is 0 Å². The van der Waals surface area contributed by atoms with Gasteiger partial charge in [0.2, 0.25) is 53.2 Å². The zero-order valence-corrected chi connectivity index (χ0v) is 40.2. The summed E-state index contributed by atoms with van der Waals surface area (Å²) < 4.78 is 0. The van der Waals surface area contributed by atoms with E-state index >= 15 is 0 Å². The van der Waals surface area contributed by atoms with Crippen molar-refractivity contribution < 1.29 is 78.0 Å². The van der Waals surface area contributed by atoms with Gasteiger partial charge in [-0.25, -0.2) is 4.79 Å². The van der Waals surface area contributed by atoms with Crippen molar-refractivity contribution in [2.45, 2.75) is 114 Å². The van der Waals surface area contributed by atoms with E-state index in [9.17, 15) is 72.9 Å². The number of hydrogen-bond acceptors (Lipinski definition) is 15. The number of carboxylic acid groups (broad SMARTS) is 3. The number of benzene rings is 2.